The van der Waals surface area contributed by atoms with Crippen LogP contribution in [0, 0.1) is 5.41 Å². The molecule has 1 aliphatic heterocycles. The van der Waals surface area contributed by atoms with Crippen LogP contribution in [-0.4, -0.2) is 51.8 Å². The summed E-state index contributed by atoms with van der Waals surface area (Å²) in [6, 6.07) is 5.49. The molecule has 1 saturated heterocycles. The molecule has 1 heterocycles. The van der Waals surface area contributed by atoms with Gasteiger partial charge in [-0.05, 0) is 43.0 Å². The molecule has 0 unspecified atom stereocenters. The Morgan fingerprint density at radius 2 is 1.83 bits per heavy atom. The van der Waals surface area contributed by atoms with Gasteiger partial charge in [0.25, 0.3) is 0 Å². The Kier molecular flexibility index (Phi) is 10.9. The van der Waals surface area contributed by atoms with Gasteiger partial charge in [-0.1, -0.05) is 19.3 Å². The Hall–Kier alpha value is -1.54. The summed E-state index contributed by atoms with van der Waals surface area (Å²) in [5.41, 5.74) is 7.66. The van der Waals surface area contributed by atoms with Gasteiger partial charge in [0.15, 0.2) is 0 Å². The number of nitrogens with two attached hydrogens (primary N) is 1. The second kappa shape index (κ2) is 12.3. The van der Waals surface area contributed by atoms with Crippen LogP contribution in [0.25, 0.3) is 0 Å². The lowest BCUT2D eigenvalue weighted by atomic mass is 9.71. The van der Waals surface area contributed by atoms with Gasteiger partial charge in [-0.25, -0.2) is 4.79 Å². The monoisotopic (exact) mass is 461 g/mol. The number of hydrogen-bond acceptors (Lipinski definition) is 6. The van der Waals surface area contributed by atoms with E-state index in [1.54, 1.807) is 12.1 Å². The Morgan fingerprint density at radius 1 is 1.17 bits per heavy atom. The Labute approximate surface area is 190 Å². The number of hydrogen-bond donors (Lipinski definition) is 2. The SMILES string of the molecule is COC(=O)c1cc(N2CCOCC2)ccc1NC(=O)CC1(CN)CCCCC1.Cl.Cl. The minimum Gasteiger partial charge on any atom is -0.465 e. The quantitative estimate of drug-likeness (QED) is 0.630. The van der Waals surface area contributed by atoms with E-state index in [0.29, 0.717) is 37.4 Å². The fraction of sp³-hybridized carbons (Fsp3) is 0.619. The fourth-order valence-electron chi connectivity index (χ4n) is 4.23. The van der Waals surface area contributed by atoms with E-state index in [-0.39, 0.29) is 36.1 Å². The maximum absolute atomic E-state index is 12.7. The smallest absolute Gasteiger partial charge is 0.340 e. The molecule has 0 radical (unpaired) electrons. The van der Waals surface area contributed by atoms with E-state index in [4.69, 9.17) is 15.2 Å². The Morgan fingerprint density at radius 3 is 2.43 bits per heavy atom. The fourth-order valence-corrected chi connectivity index (χ4v) is 4.23. The van der Waals surface area contributed by atoms with Gasteiger partial charge in [0.2, 0.25) is 5.91 Å². The number of ether oxygens (including phenoxy) is 2. The zero-order valence-electron chi connectivity index (χ0n) is 17.5. The molecule has 170 valence electrons. The molecule has 1 aromatic carbocycles. The van der Waals surface area contributed by atoms with Crippen LogP contribution in [0.4, 0.5) is 11.4 Å². The zero-order valence-corrected chi connectivity index (χ0v) is 19.1. The summed E-state index contributed by atoms with van der Waals surface area (Å²) in [6.07, 6.45) is 5.79. The van der Waals surface area contributed by atoms with Crippen LogP contribution < -0.4 is 16.0 Å². The van der Waals surface area contributed by atoms with Gasteiger partial charge in [-0.3, -0.25) is 4.79 Å². The Balaban J connectivity index is 0.00000225. The van der Waals surface area contributed by atoms with Gasteiger partial charge >= 0.3 is 5.97 Å². The van der Waals surface area contributed by atoms with Gasteiger partial charge in [0.05, 0.1) is 31.6 Å². The lowest BCUT2D eigenvalue weighted by molar-refractivity contribution is -0.118. The molecule has 1 aliphatic carbocycles. The molecule has 0 spiro atoms. The van der Waals surface area contributed by atoms with Crippen molar-refractivity contribution >= 4 is 48.1 Å². The number of morpholine rings is 1. The molecule has 1 aromatic rings. The second-order valence-corrected chi connectivity index (χ2v) is 7.81. The van der Waals surface area contributed by atoms with E-state index in [2.05, 4.69) is 10.2 Å². The van der Waals surface area contributed by atoms with Crippen LogP contribution >= 0.6 is 24.8 Å². The van der Waals surface area contributed by atoms with E-state index in [0.717, 1.165) is 44.5 Å². The third-order valence-corrected chi connectivity index (χ3v) is 5.94. The molecule has 0 aromatic heterocycles. The average Bonchev–Trinajstić information content (AvgIpc) is 2.74. The van der Waals surface area contributed by atoms with Crippen LogP contribution in [0.3, 0.4) is 0 Å². The van der Waals surface area contributed by atoms with Crippen molar-refractivity contribution in [1.29, 1.82) is 0 Å². The normalized spacial score (nSPS) is 17.9. The predicted octanol–water partition coefficient (Wildman–Crippen LogP) is 3.39. The number of benzene rings is 1. The van der Waals surface area contributed by atoms with E-state index in [1.807, 2.05) is 6.07 Å². The lowest BCUT2D eigenvalue weighted by Crippen LogP contribution is -2.37. The average molecular weight is 462 g/mol. The highest BCUT2D eigenvalue weighted by Crippen LogP contribution is 2.38. The van der Waals surface area contributed by atoms with Gasteiger partial charge in [0, 0.05) is 25.2 Å². The summed E-state index contributed by atoms with van der Waals surface area (Å²) in [7, 11) is 1.35. The van der Waals surface area contributed by atoms with Crippen LogP contribution in [0.1, 0.15) is 48.9 Å². The van der Waals surface area contributed by atoms with Crippen molar-refractivity contribution < 1.29 is 19.1 Å². The molecule has 0 bridgehead atoms. The highest BCUT2D eigenvalue weighted by atomic mass is 35.5. The number of esters is 1. The summed E-state index contributed by atoms with van der Waals surface area (Å²) in [5, 5.41) is 2.92. The van der Waals surface area contributed by atoms with Crippen LogP contribution in [0.2, 0.25) is 0 Å². The number of amides is 1. The molecule has 2 fully saturated rings. The van der Waals surface area contributed by atoms with Crippen molar-refractivity contribution in [3.8, 4) is 0 Å². The van der Waals surface area contributed by atoms with Crippen LogP contribution in [0.15, 0.2) is 18.2 Å². The highest BCUT2D eigenvalue weighted by molar-refractivity contribution is 6.02. The van der Waals surface area contributed by atoms with Crippen molar-refractivity contribution in [1.82, 2.24) is 0 Å². The van der Waals surface area contributed by atoms with Crippen molar-refractivity contribution in [3.05, 3.63) is 23.8 Å². The van der Waals surface area contributed by atoms with Crippen molar-refractivity contribution in [3.63, 3.8) is 0 Å². The number of carbonyl (C=O) groups is 2. The van der Waals surface area contributed by atoms with Crippen molar-refractivity contribution in [2.45, 2.75) is 38.5 Å². The summed E-state index contributed by atoms with van der Waals surface area (Å²) in [6.45, 7) is 3.37. The second-order valence-electron chi connectivity index (χ2n) is 7.81. The number of carbonyl (C=O) groups excluding carboxylic acids is 2. The molecule has 2 aliphatic rings. The highest BCUT2D eigenvalue weighted by Gasteiger charge is 2.33. The van der Waals surface area contributed by atoms with Crippen molar-refractivity contribution in [2.75, 3.05) is 50.2 Å². The summed E-state index contributed by atoms with van der Waals surface area (Å²) < 4.78 is 10.3. The number of rotatable bonds is 6. The number of anilines is 2. The first-order valence-corrected chi connectivity index (χ1v) is 10.1. The molecule has 1 amide bonds. The molecular weight excluding hydrogens is 429 g/mol. The molecule has 9 heteroatoms. The van der Waals surface area contributed by atoms with E-state index in [9.17, 15) is 9.59 Å². The molecule has 0 atom stereocenters. The van der Waals surface area contributed by atoms with E-state index < -0.39 is 5.97 Å². The molecule has 1 saturated carbocycles. The lowest BCUT2D eigenvalue weighted by Gasteiger charge is -2.35. The zero-order chi connectivity index (χ0) is 20.0. The van der Waals surface area contributed by atoms with Gasteiger partial charge in [0.1, 0.15) is 0 Å². The van der Waals surface area contributed by atoms with Gasteiger partial charge in [-0.2, -0.15) is 0 Å². The van der Waals surface area contributed by atoms with Gasteiger partial charge in [-0.15, -0.1) is 24.8 Å². The Bertz CT molecular complexity index is 705. The van der Waals surface area contributed by atoms with Crippen LogP contribution in [-0.2, 0) is 14.3 Å². The summed E-state index contributed by atoms with van der Waals surface area (Å²) in [4.78, 5) is 27.2. The summed E-state index contributed by atoms with van der Waals surface area (Å²) >= 11 is 0. The maximum Gasteiger partial charge on any atom is 0.340 e. The first-order valence-electron chi connectivity index (χ1n) is 10.1. The third-order valence-electron chi connectivity index (χ3n) is 5.94. The number of nitrogens with zero attached hydrogens (tertiary/aromatic N) is 1. The minimum atomic E-state index is -0.461. The van der Waals surface area contributed by atoms with E-state index in [1.165, 1.54) is 13.5 Å². The summed E-state index contributed by atoms with van der Waals surface area (Å²) in [5.74, 6) is -0.562. The largest absolute Gasteiger partial charge is 0.465 e. The first kappa shape index (κ1) is 26.5. The molecule has 3 rings (SSSR count). The van der Waals surface area contributed by atoms with E-state index >= 15 is 0 Å². The maximum atomic E-state index is 12.7. The number of nitrogens with one attached hydrogen (secondary N) is 1. The number of halogens is 2. The third kappa shape index (κ3) is 6.48. The van der Waals surface area contributed by atoms with Crippen molar-refractivity contribution in [2.24, 2.45) is 11.1 Å². The van der Waals surface area contributed by atoms with Gasteiger partial charge < -0.3 is 25.4 Å². The number of methoxy groups -OCH3 is 1. The minimum absolute atomic E-state index is 0. The molecule has 30 heavy (non-hydrogen) atoms. The molecular formula is C21H33Cl2N3O4. The molecule has 7 nitrogen and oxygen atoms in total. The topological polar surface area (TPSA) is 93.9 Å². The molecule has 3 N–H and O–H groups in total. The first-order chi connectivity index (χ1) is 13.6. The standard InChI is InChI=1S/C21H31N3O4.2ClH/c1-27-20(26)17-13-16(24-9-11-28-12-10-24)5-6-18(17)23-19(25)14-21(15-22)7-3-2-4-8-21;;/h5-6,13H,2-4,7-12,14-15,22H2,1H3,(H,23,25);2*1H. The predicted molar refractivity (Wildman–Crippen MR) is 123 cm³/mol. The van der Waals surface area contributed by atoms with Crippen LogP contribution in [0.5, 0.6) is 0 Å².